The molecule has 0 unspecified atom stereocenters. The van der Waals surface area contributed by atoms with Gasteiger partial charge in [0, 0.05) is 5.57 Å². The highest BCUT2D eigenvalue weighted by molar-refractivity contribution is 9.12. The van der Waals surface area contributed by atoms with Crippen LogP contribution in [0.15, 0.2) is 21.4 Å². The van der Waals surface area contributed by atoms with Crippen LogP contribution < -0.4 is 11.5 Å². The lowest BCUT2D eigenvalue weighted by Gasteiger charge is -2.17. The van der Waals surface area contributed by atoms with Gasteiger partial charge < -0.3 is 11.5 Å². The second kappa shape index (κ2) is 2.75. The van der Waals surface area contributed by atoms with Gasteiger partial charge in [0.25, 0.3) is 0 Å². The van der Waals surface area contributed by atoms with Crippen LogP contribution in [0.2, 0.25) is 0 Å². The van der Waals surface area contributed by atoms with E-state index in [1.165, 1.54) is 0 Å². The maximum atomic E-state index is 7.47. The van der Waals surface area contributed by atoms with Gasteiger partial charge in [0.2, 0.25) is 0 Å². The van der Waals surface area contributed by atoms with Crippen molar-refractivity contribution in [1.82, 2.24) is 0 Å². The molecule has 12 heavy (non-hydrogen) atoms. The fraction of sp³-hybridized carbons (Fsp3) is 0.143. The molecule has 1 rings (SSSR count). The van der Waals surface area contributed by atoms with Gasteiger partial charge in [0.05, 0.1) is 27.3 Å². The summed E-state index contributed by atoms with van der Waals surface area (Å²) in [7, 11) is 0. The van der Waals surface area contributed by atoms with Crippen LogP contribution in [-0.2, 0) is 0 Å². The number of nitrogens with one attached hydrogen (secondary N) is 2. The highest BCUT2D eigenvalue weighted by atomic mass is 79.9. The average molecular weight is 229 g/mol. The first-order valence-corrected chi connectivity index (χ1v) is 4.06. The lowest BCUT2D eigenvalue weighted by atomic mass is 9.98. The standard InChI is InChI=1S/C7H9BrN4/c1-2-4(9)6(11)3(8)7(12)5(2)10/h9,11H,10,12H2,1H3. The normalized spacial score (nSPS) is 19.2. The minimum Gasteiger partial charge on any atom is -0.397 e. The minimum atomic E-state index is 0.0826. The summed E-state index contributed by atoms with van der Waals surface area (Å²) in [5.74, 6) is 0. The summed E-state index contributed by atoms with van der Waals surface area (Å²) in [5, 5.41) is 14.9. The Labute approximate surface area is 78.5 Å². The average Bonchev–Trinajstić information content (AvgIpc) is 2.08. The summed E-state index contributed by atoms with van der Waals surface area (Å²) >= 11 is 3.10. The monoisotopic (exact) mass is 228 g/mol. The van der Waals surface area contributed by atoms with Gasteiger partial charge in [-0.15, -0.1) is 0 Å². The molecule has 1 aliphatic rings. The fourth-order valence-corrected chi connectivity index (χ4v) is 1.30. The van der Waals surface area contributed by atoms with Gasteiger partial charge in [-0.1, -0.05) is 0 Å². The van der Waals surface area contributed by atoms with E-state index in [1.54, 1.807) is 6.92 Å². The smallest absolute Gasteiger partial charge is 0.0956 e. The van der Waals surface area contributed by atoms with Crippen molar-refractivity contribution in [3.63, 3.8) is 0 Å². The third-order valence-corrected chi connectivity index (χ3v) is 2.60. The van der Waals surface area contributed by atoms with E-state index in [0.29, 0.717) is 21.4 Å². The summed E-state index contributed by atoms with van der Waals surface area (Å²) in [6.45, 7) is 1.68. The van der Waals surface area contributed by atoms with Crippen LogP contribution in [0.1, 0.15) is 6.92 Å². The molecule has 0 aromatic rings. The molecular weight excluding hydrogens is 220 g/mol. The zero-order valence-corrected chi connectivity index (χ0v) is 8.12. The van der Waals surface area contributed by atoms with Gasteiger partial charge in [-0.25, -0.2) is 0 Å². The zero-order valence-electron chi connectivity index (χ0n) is 6.53. The fourth-order valence-electron chi connectivity index (χ4n) is 0.887. The van der Waals surface area contributed by atoms with E-state index in [2.05, 4.69) is 15.9 Å². The number of allylic oxidation sites excluding steroid dienone is 2. The molecule has 0 amide bonds. The topological polar surface area (TPSA) is 99.7 Å². The molecule has 0 aliphatic heterocycles. The Hall–Kier alpha value is -1.10. The van der Waals surface area contributed by atoms with Gasteiger partial charge in [-0.05, 0) is 22.9 Å². The van der Waals surface area contributed by atoms with Crippen LogP contribution in [0.5, 0.6) is 0 Å². The summed E-state index contributed by atoms with van der Waals surface area (Å²) in [6.07, 6.45) is 0. The molecule has 4 nitrogen and oxygen atoms in total. The summed E-state index contributed by atoms with van der Waals surface area (Å²) in [6, 6.07) is 0. The van der Waals surface area contributed by atoms with Gasteiger partial charge in [-0.3, -0.25) is 10.8 Å². The highest BCUT2D eigenvalue weighted by Gasteiger charge is 2.22. The number of halogens is 1. The largest absolute Gasteiger partial charge is 0.397 e. The number of hydrogen-bond acceptors (Lipinski definition) is 4. The van der Waals surface area contributed by atoms with Gasteiger partial charge in [-0.2, -0.15) is 0 Å². The Morgan fingerprint density at radius 3 is 2.08 bits per heavy atom. The van der Waals surface area contributed by atoms with Crippen molar-refractivity contribution in [3.05, 3.63) is 21.4 Å². The van der Waals surface area contributed by atoms with Gasteiger partial charge in [0.15, 0.2) is 0 Å². The molecule has 6 N–H and O–H groups in total. The summed E-state index contributed by atoms with van der Waals surface area (Å²) in [4.78, 5) is 0. The Kier molecular flexibility index (Phi) is 2.06. The zero-order chi connectivity index (χ0) is 9.46. The molecule has 0 fully saturated rings. The molecule has 0 saturated heterocycles. The number of rotatable bonds is 0. The predicted octanol–water partition coefficient (Wildman–Crippen LogP) is 0.837. The number of hydrogen-bond donors (Lipinski definition) is 4. The van der Waals surface area contributed by atoms with Crippen LogP contribution in [0.3, 0.4) is 0 Å². The van der Waals surface area contributed by atoms with E-state index in [1.807, 2.05) is 0 Å². The van der Waals surface area contributed by atoms with E-state index < -0.39 is 0 Å². The molecule has 0 bridgehead atoms. The molecule has 0 spiro atoms. The number of nitrogens with two attached hydrogens (primary N) is 2. The molecule has 0 aromatic heterocycles. The van der Waals surface area contributed by atoms with Crippen LogP contribution in [0.4, 0.5) is 0 Å². The Morgan fingerprint density at radius 2 is 1.58 bits per heavy atom. The third-order valence-electron chi connectivity index (χ3n) is 1.78. The maximum absolute atomic E-state index is 7.47. The first-order chi connectivity index (χ1) is 5.46. The van der Waals surface area contributed by atoms with Crippen molar-refractivity contribution in [1.29, 1.82) is 10.8 Å². The first-order valence-electron chi connectivity index (χ1n) is 3.27. The maximum Gasteiger partial charge on any atom is 0.0956 e. The second-order valence-electron chi connectivity index (χ2n) is 2.52. The summed E-state index contributed by atoms with van der Waals surface area (Å²) in [5.41, 5.74) is 12.6. The summed E-state index contributed by atoms with van der Waals surface area (Å²) < 4.78 is 0.399. The van der Waals surface area contributed by atoms with Crippen molar-refractivity contribution < 1.29 is 0 Å². The molecule has 0 radical (unpaired) electrons. The van der Waals surface area contributed by atoms with Gasteiger partial charge in [0.1, 0.15) is 0 Å². The van der Waals surface area contributed by atoms with Crippen molar-refractivity contribution in [2.24, 2.45) is 11.5 Å². The highest BCUT2D eigenvalue weighted by Crippen LogP contribution is 2.23. The van der Waals surface area contributed by atoms with Crippen LogP contribution >= 0.6 is 15.9 Å². The first kappa shape index (κ1) is 8.99. The van der Waals surface area contributed by atoms with E-state index in [4.69, 9.17) is 22.3 Å². The molecule has 0 heterocycles. The third kappa shape index (κ3) is 1.06. The lowest BCUT2D eigenvalue weighted by molar-refractivity contribution is 1.19. The molecule has 0 atom stereocenters. The van der Waals surface area contributed by atoms with Crippen molar-refractivity contribution >= 4 is 27.4 Å². The molecule has 0 aromatic carbocycles. The SMILES string of the molecule is CC1=C(N)C(N)=C(Br)C(=N)C1=N. The van der Waals surface area contributed by atoms with E-state index in [0.717, 1.165) is 0 Å². The van der Waals surface area contributed by atoms with Gasteiger partial charge >= 0.3 is 0 Å². The van der Waals surface area contributed by atoms with Crippen molar-refractivity contribution in [3.8, 4) is 0 Å². The Bertz CT molecular complexity index is 288. The van der Waals surface area contributed by atoms with Crippen LogP contribution in [-0.4, -0.2) is 11.4 Å². The predicted molar refractivity (Wildman–Crippen MR) is 52.5 cm³/mol. The van der Waals surface area contributed by atoms with Crippen molar-refractivity contribution in [2.75, 3.05) is 0 Å². The molecule has 1 aliphatic carbocycles. The van der Waals surface area contributed by atoms with Crippen LogP contribution in [0.25, 0.3) is 0 Å². The van der Waals surface area contributed by atoms with E-state index >= 15 is 0 Å². The molecule has 0 saturated carbocycles. The Balaban J connectivity index is 3.37. The minimum absolute atomic E-state index is 0.0826. The van der Waals surface area contributed by atoms with Crippen molar-refractivity contribution in [2.45, 2.75) is 6.92 Å². The van der Waals surface area contributed by atoms with E-state index in [9.17, 15) is 0 Å². The van der Waals surface area contributed by atoms with Crippen LogP contribution in [0, 0.1) is 10.8 Å². The molecule has 64 valence electrons. The Morgan fingerprint density at radius 1 is 1.08 bits per heavy atom. The van der Waals surface area contributed by atoms with E-state index in [-0.39, 0.29) is 11.4 Å². The lowest BCUT2D eigenvalue weighted by Crippen LogP contribution is -2.27. The molecule has 5 heteroatoms. The quantitative estimate of drug-likeness (QED) is 0.462. The second-order valence-corrected chi connectivity index (χ2v) is 3.31. The molecular formula is C7H9BrN4.